The van der Waals surface area contributed by atoms with Crippen LogP contribution in [-0.2, 0) is 0 Å². The Hall–Kier alpha value is -2.65. The zero-order valence-electron chi connectivity index (χ0n) is 11.4. The third-order valence-electron chi connectivity index (χ3n) is 3.75. The highest BCUT2D eigenvalue weighted by atomic mass is 15.5. The molecule has 0 unspecified atom stereocenters. The minimum absolute atomic E-state index is 0.543. The molecule has 0 radical (unpaired) electrons. The molecule has 2 aromatic heterocycles. The SMILES string of the molecule is N#CC(=CC1CC1)N1NCC=C1c1ncnc2[nH]ccc12. The van der Waals surface area contributed by atoms with Crippen molar-refractivity contribution in [2.24, 2.45) is 5.92 Å². The molecule has 0 bridgehead atoms. The molecule has 21 heavy (non-hydrogen) atoms. The third kappa shape index (κ3) is 2.08. The van der Waals surface area contributed by atoms with Gasteiger partial charge in [-0.05, 0) is 37.0 Å². The van der Waals surface area contributed by atoms with E-state index >= 15 is 0 Å². The first-order chi connectivity index (χ1) is 10.4. The Morgan fingerprint density at radius 2 is 2.33 bits per heavy atom. The predicted octanol–water partition coefficient (Wildman–Crippen LogP) is 1.94. The van der Waals surface area contributed by atoms with Crippen molar-refractivity contribution in [2.75, 3.05) is 6.54 Å². The Kier molecular flexibility index (Phi) is 2.72. The summed E-state index contributed by atoms with van der Waals surface area (Å²) in [6.45, 7) is 0.689. The maximum Gasteiger partial charge on any atom is 0.141 e. The molecule has 6 nitrogen and oxygen atoms in total. The van der Waals surface area contributed by atoms with Crippen LogP contribution in [0, 0.1) is 17.2 Å². The molecule has 0 spiro atoms. The quantitative estimate of drug-likeness (QED) is 0.839. The van der Waals surface area contributed by atoms with E-state index in [0.29, 0.717) is 18.2 Å². The summed E-state index contributed by atoms with van der Waals surface area (Å²) < 4.78 is 0. The standard InChI is InChI=1S/C15H14N6/c16-8-11(7-10-1-2-10)21-13(4-6-20-21)14-12-3-5-17-15(12)19-9-18-14/h3-5,7,9-10,20H,1-2,6H2,(H,17,18,19). The number of allylic oxidation sites excluding steroid dienone is 2. The van der Waals surface area contributed by atoms with Gasteiger partial charge in [-0.1, -0.05) is 0 Å². The van der Waals surface area contributed by atoms with Gasteiger partial charge in [-0.15, -0.1) is 0 Å². The number of aromatic nitrogens is 3. The summed E-state index contributed by atoms with van der Waals surface area (Å²) in [5.74, 6) is 0.543. The fourth-order valence-electron chi connectivity index (χ4n) is 2.55. The van der Waals surface area contributed by atoms with E-state index < -0.39 is 0 Å². The molecular formula is C15H14N6. The fourth-order valence-corrected chi connectivity index (χ4v) is 2.55. The molecule has 1 saturated carbocycles. The minimum Gasteiger partial charge on any atom is -0.346 e. The van der Waals surface area contributed by atoms with Crippen LogP contribution in [0.15, 0.2) is 36.4 Å². The highest BCUT2D eigenvalue weighted by Crippen LogP contribution is 2.34. The van der Waals surface area contributed by atoms with Crippen LogP contribution >= 0.6 is 0 Å². The summed E-state index contributed by atoms with van der Waals surface area (Å²) >= 11 is 0. The lowest BCUT2D eigenvalue weighted by atomic mass is 10.2. The van der Waals surface area contributed by atoms with Gasteiger partial charge in [0.05, 0.1) is 5.70 Å². The van der Waals surface area contributed by atoms with Crippen LogP contribution in [-0.4, -0.2) is 26.5 Å². The molecule has 104 valence electrons. The first-order valence-corrected chi connectivity index (χ1v) is 7.01. The number of rotatable bonds is 3. The van der Waals surface area contributed by atoms with E-state index in [4.69, 9.17) is 0 Å². The summed E-state index contributed by atoms with van der Waals surface area (Å²) in [7, 11) is 0. The average Bonchev–Trinajstić information content (AvgIpc) is 3.02. The van der Waals surface area contributed by atoms with Crippen LogP contribution in [0.25, 0.3) is 16.7 Å². The third-order valence-corrected chi connectivity index (χ3v) is 3.75. The molecule has 3 heterocycles. The molecule has 0 aromatic carbocycles. The van der Waals surface area contributed by atoms with E-state index in [9.17, 15) is 5.26 Å². The van der Waals surface area contributed by atoms with Gasteiger partial charge in [-0.25, -0.2) is 15.4 Å². The molecule has 2 aromatic rings. The zero-order valence-corrected chi connectivity index (χ0v) is 11.4. The van der Waals surface area contributed by atoms with E-state index in [1.165, 1.54) is 12.8 Å². The maximum absolute atomic E-state index is 9.43. The molecule has 4 rings (SSSR count). The van der Waals surface area contributed by atoms with Crippen molar-refractivity contribution in [1.82, 2.24) is 25.4 Å². The van der Waals surface area contributed by atoms with Crippen molar-refractivity contribution in [2.45, 2.75) is 12.8 Å². The predicted molar refractivity (Wildman–Crippen MR) is 78.1 cm³/mol. The summed E-state index contributed by atoms with van der Waals surface area (Å²) in [5, 5.41) is 12.2. The second kappa shape index (κ2) is 4.72. The number of hydrazine groups is 1. The number of hydrogen-bond acceptors (Lipinski definition) is 5. The normalized spacial score (nSPS) is 18.9. The first kappa shape index (κ1) is 12.1. The van der Waals surface area contributed by atoms with E-state index in [1.54, 1.807) is 6.33 Å². The van der Waals surface area contributed by atoms with Crippen molar-refractivity contribution in [3.05, 3.63) is 42.1 Å². The molecule has 6 heteroatoms. The van der Waals surface area contributed by atoms with Crippen molar-refractivity contribution in [3.63, 3.8) is 0 Å². The monoisotopic (exact) mass is 278 g/mol. The van der Waals surface area contributed by atoms with Gasteiger partial charge in [0.2, 0.25) is 0 Å². The zero-order chi connectivity index (χ0) is 14.2. The number of nitriles is 1. The van der Waals surface area contributed by atoms with Crippen molar-refractivity contribution in [1.29, 1.82) is 5.26 Å². The van der Waals surface area contributed by atoms with E-state index in [0.717, 1.165) is 22.4 Å². The fraction of sp³-hybridized carbons (Fsp3) is 0.267. The minimum atomic E-state index is 0.543. The van der Waals surface area contributed by atoms with Crippen LogP contribution in [0.4, 0.5) is 0 Å². The number of nitrogens with one attached hydrogen (secondary N) is 2. The van der Waals surface area contributed by atoms with Gasteiger partial charge in [-0.2, -0.15) is 5.26 Å². The van der Waals surface area contributed by atoms with Gasteiger partial charge in [0.25, 0.3) is 0 Å². The molecule has 0 amide bonds. The van der Waals surface area contributed by atoms with E-state index in [2.05, 4.69) is 26.4 Å². The van der Waals surface area contributed by atoms with Crippen LogP contribution in [0.1, 0.15) is 18.5 Å². The number of H-pyrrole nitrogens is 1. The molecule has 2 aliphatic rings. The Bertz CT molecular complexity index is 790. The average molecular weight is 278 g/mol. The van der Waals surface area contributed by atoms with Gasteiger partial charge >= 0.3 is 0 Å². The van der Waals surface area contributed by atoms with Gasteiger partial charge in [0.1, 0.15) is 29.4 Å². The lowest BCUT2D eigenvalue weighted by molar-refractivity contribution is 0.411. The Balaban J connectivity index is 1.77. The Labute approximate surface area is 121 Å². The van der Waals surface area contributed by atoms with Crippen LogP contribution in [0.2, 0.25) is 0 Å². The maximum atomic E-state index is 9.43. The number of hydrogen-bond donors (Lipinski definition) is 2. The van der Waals surface area contributed by atoms with Gasteiger partial charge in [0, 0.05) is 18.1 Å². The molecule has 1 aliphatic carbocycles. The highest BCUT2D eigenvalue weighted by molar-refractivity contribution is 5.88. The molecule has 2 N–H and O–H groups in total. The number of nitrogens with zero attached hydrogens (tertiary/aromatic N) is 4. The molecule has 0 saturated heterocycles. The van der Waals surface area contributed by atoms with Gasteiger partial charge < -0.3 is 4.98 Å². The van der Waals surface area contributed by atoms with Crippen LogP contribution < -0.4 is 5.43 Å². The van der Waals surface area contributed by atoms with Crippen LogP contribution in [0.5, 0.6) is 0 Å². The summed E-state index contributed by atoms with van der Waals surface area (Å²) in [5.41, 5.74) is 6.42. The number of aromatic amines is 1. The summed E-state index contributed by atoms with van der Waals surface area (Å²) in [4.78, 5) is 11.7. The summed E-state index contributed by atoms with van der Waals surface area (Å²) in [6, 6.07) is 4.25. The molecule has 1 aliphatic heterocycles. The first-order valence-electron chi connectivity index (χ1n) is 7.01. The van der Waals surface area contributed by atoms with Crippen molar-refractivity contribution in [3.8, 4) is 6.07 Å². The van der Waals surface area contributed by atoms with Crippen molar-refractivity contribution < 1.29 is 0 Å². The van der Waals surface area contributed by atoms with Gasteiger partial charge in [0.15, 0.2) is 0 Å². The Morgan fingerprint density at radius 1 is 1.43 bits per heavy atom. The smallest absolute Gasteiger partial charge is 0.141 e. The molecule has 1 fully saturated rings. The summed E-state index contributed by atoms with van der Waals surface area (Å²) in [6.07, 6.45) is 9.83. The molecular weight excluding hydrogens is 264 g/mol. The van der Waals surface area contributed by atoms with E-state index in [1.807, 2.05) is 29.4 Å². The lowest BCUT2D eigenvalue weighted by Crippen LogP contribution is -2.30. The molecule has 0 atom stereocenters. The number of fused-ring (bicyclic) bond motifs is 1. The highest BCUT2D eigenvalue weighted by Gasteiger charge is 2.26. The largest absolute Gasteiger partial charge is 0.346 e. The topological polar surface area (TPSA) is 80.6 Å². The Morgan fingerprint density at radius 3 is 3.14 bits per heavy atom. The van der Waals surface area contributed by atoms with Crippen LogP contribution in [0.3, 0.4) is 0 Å². The van der Waals surface area contributed by atoms with E-state index in [-0.39, 0.29) is 0 Å². The lowest BCUT2D eigenvalue weighted by Gasteiger charge is -2.21. The second-order valence-electron chi connectivity index (χ2n) is 5.25. The van der Waals surface area contributed by atoms with Gasteiger partial charge in [-0.3, -0.25) is 5.01 Å². The second-order valence-corrected chi connectivity index (χ2v) is 5.25. The van der Waals surface area contributed by atoms with Crippen molar-refractivity contribution >= 4 is 16.7 Å².